The van der Waals surface area contributed by atoms with E-state index in [4.69, 9.17) is 16.1 Å². The molecular formula is C21H21ClF3N3O3S. The minimum Gasteiger partial charge on any atom is -0.339 e. The van der Waals surface area contributed by atoms with Gasteiger partial charge in [-0.25, -0.2) is 8.42 Å². The van der Waals surface area contributed by atoms with E-state index in [1.165, 1.54) is 0 Å². The smallest absolute Gasteiger partial charge is 0.339 e. The molecule has 0 saturated heterocycles. The van der Waals surface area contributed by atoms with E-state index in [0.717, 1.165) is 28.9 Å². The van der Waals surface area contributed by atoms with Crippen molar-refractivity contribution in [2.75, 3.05) is 13.1 Å². The van der Waals surface area contributed by atoms with Gasteiger partial charge in [0, 0.05) is 30.1 Å². The Kier molecular flexibility index (Phi) is 7.58. The maximum Gasteiger partial charge on any atom is 0.416 e. The average Bonchev–Trinajstić information content (AvgIpc) is 3.22. The van der Waals surface area contributed by atoms with Gasteiger partial charge in [0.2, 0.25) is 21.7 Å². The van der Waals surface area contributed by atoms with Gasteiger partial charge in [-0.05, 0) is 48.9 Å². The fourth-order valence-electron chi connectivity index (χ4n) is 2.96. The van der Waals surface area contributed by atoms with E-state index in [1.54, 1.807) is 24.3 Å². The first-order valence-corrected chi connectivity index (χ1v) is 11.7. The van der Waals surface area contributed by atoms with Crippen molar-refractivity contribution in [3.63, 3.8) is 0 Å². The molecule has 0 atom stereocenters. The summed E-state index contributed by atoms with van der Waals surface area (Å²) in [5.74, 6) is 0.549. The zero-order chi connectivity index (χ0) is 23.4. The summed E-state index contributed by atoms with van der Waals surface area (Å²) in [6, 6.07) is 10.6. The van der Waals surface area contributed by atoms with Crippen molar-refractivity contribution in [1.82, 2.24) is 14.4 Å². The minimum atomic E-state index is -4.64. The molecule has 172 valence electrons. The lowest BCUT2D eigenvalue weighted by atomic mass is 10.2. The van der Waals surface area contributed by atoms with Crippen LogP contribution in [0.15, 0.2) is 57.9 Å². The van der Waals surface area contributed by atoms with E-state index in [9.17, 15) is 21.6 Å². The van der Waals surface area contributed by atoms with E-state index in [0.29, 0.717) is 28.9 Å². The maximum absolute atomic E-state index is 13.1. The first-order valence-electron chi connectivity index (χ1n) is 9.87. The summed E-state index contributed by atoms with van der Waals surface area (Å²) in [7, 11) is -4.15. The van der Waals surface area contributed by atoms with Gasteiger partial charge in [0.25, 0.3) is 0 Å². The molecule has 1 heterocycles. The van der Waals surface area contributed by atoms with Crippen LogP contribution in [0.2, 0.25) is 5.02 Å². The molecular weight excluding hydrogens is 467 g/mol. The number of sulfonamides is 1. The molecule has 11 heteroatoms. The number of benzene rings is 2. The van der Waals surface area contributed by atoms with Crippen LogP contribution in [0.1, 0.15) is 31.2 Å². The van der Waals surface area contributed by atoms with Crippen molar-refractivity contribution in [2.45, 2.75) is 37.3 Å². The van der Waals surface area contributed by atoms with Crippen LogP contribution in [0, 0.1) is 0 Å². The molecule has 0 aliphatic heterocycles. The second-order valence-corrected chi connectivity index (χ2v) is 9.43. The highest BCUT2D eigenvalue weighted by Crippen LogP contribution is 2.31. The Balaban J connectivity index is 1.79. The van der Waals surface area contributed by atoms with Gasteiger partial charge in [0.05, 0.1) is 10.5 Å². The first kappa shape index (κ1) is 24.2. The number of hydrogen-bond acceptors (Lipinski definition) is 5. The lowest BCUT2D eigenvalue weighted by Crippen LogP contribution is -2.34. The molecule has 3 rings (SSSR count). The maximum atomic E-state index is 13.1. The lowest BCUT2D eigenvalue weighted by molar-refractivity contribution is -0.137. The highest BCUT2D eigenvalue weighted by atomic mass is 35.5. The van der Waals surface area contributed by atoms with Crippen LogP contribution in [-0.2, 0) is 22.6 Å². The monoisotopic (exact) mass is 487 g/mol. The average molecular weight is 488 g/mol. The molecule has 0 radical (unpaired) electrons. The Morgan fingerprint density at radius 2 is 1.81 bits per heavy atom. The number of halogens is 4. The molecule has 0 unspecified atom stereocenters. The van der Waals surface area contributed by atoms with Crippen LogP contribution in [0.3, 0.4) is 0 Å². The van der Waals surface area contributed by atoms with E-state index in [-0.39, 0.29) is 25.4 Å². The van der Waals surface area contributed by atoms with Crippen LogP contribution < -0.4 is 0 Å². The predicted octanol–water partition coefficient (Wildman–Crippen LogP) is 5.44. The van der Waals surface area contributed by atoms with E-state index in [2.05, 4.69) is 10.1 Å². The predicted molar refractivity (Wildman–Crippen MR) is 114 cm³/mol. The summed E-state index contributed by atoms with van der Waals surface area (Å²) in [5, 5.41) is 4.45. The van der Waals surface area contributed by atoms with Crippen molar-refractivity contribution in [3.05, 3.63) is 65.0 Å². The summed E-state index contributed by atoms with van der Waals surface area (Å²) >= 11 is 5.87. The molecule has 0 N–H and O–H groups in total. The summed E-state index contributed by atoms with van der Waals surface area (Å²) in [5.41, 5.74) is -0.331. The van der Waals surface area contributed by atoms with E-state index < -0.39 is 26.7 Å². The van der Waals surface area contributed by atoms with E-state index in [1.807, 2.05) is 6.92 Å². The summed E-state index contributed by atoms with van der Waals surface area (Å²) < 4.78 is 71.7. The Morgan fingerprint density at radius 1 is 1.09 bits per heavy atom. The van der Waals surface area contributed by atoms with Crippen LogP contribution >= 0.6 is 11.6 Å². The lowest BCUT2D eigenvalue weighted by Gasteiger charge is -2.22. The van der Waals surface area contributed by atoms with Gasteiger partial charge in [-0.1, -0.05) is 36.2 Å². The van der Waals surface area contributed by atoms with Crippen molar-refractivity contribution in [2.24, 2.45) is 0 Å². The normalized spacial score (nSPS) is 12.4. The standard InChI is InChI=1S/C21H21ClF3N3O3S/c1-2-3-12-28(32(29,30)18-6-4-5-16(14-18)21(23,24)25)13-11-19-26-20(27-31-19)15-7-9-17(22)10-8-15/h4-10,14H,2-3,11-13H2,1H3. The molecule has 0 spiro atoms. The second kappa shape index (κ2) is 10.0. The molecule has 1 aromatic heterocycles. The molecule has 2 aromatic carbocycles. The third-order valence-corrected chi connectivity index (χ3v) is 6.85. The highest BCUT2D eigenvalue weighted by molar-refractivity contribution is 7.89. The van der Waals surface area contributed by atoms with Gasteiger partial charge in [0.15, 0.2) is 0 Å². The first-order chi connectivity index (χ1) is 15.1. The Hall–Kier alpha value is -2.43. The SMILES string of the molecule is CCCCN(CCc1nc(-c2ccc(Cl)cc2)no1)S(=O)(=O)c1cccc(C(F)(F)F)c1. The summed E-state index contributed by atoms with van der Waals surface area (Å²) in [6.07, 6.45) is -3.25. The quantitative estimate of drug-likeness (QED) is 0.401. The molecule has 0 aliphatic carbocycles. The van der Waals surface area contributed by atoms with Gasteiger partial charge < -0.3 is 4.52 Å². The van der Waals surface area contributed by atoms with Crippen molar-refractivity contribution >= 4 is 21.6 Å². The van der Waals surface area contributed by atoms with Gasteiger partial charge in [0.1, 0.15) is 0 Å². The second-order valence-electron chi connectivity index (χ2n) is 7.05. The summed E-state index contributed by atoms with van der Waals surface area (Å²) in [4.78, 5) is 3.87. The van der Waals surface area contributed by atoms with Crippen molar-refractivity contribution in [3.8, 4) is 11.4 Å². The summed E-state index contributed by atoms with van der Waals surface area (Å²) in [6.45, 7) is 2.04. The third-order valence-electron chi connectivity index (χ3n) is 4.71. The number of aromatic nitrogens is 2. The third kappa shape index (κ3) is 5.87. The Bertz CT molecular complexity index is 1150. The van der Waals surface area contributed by atoms with Crippen LogP contribution in [0.5, 0.6) is 0 Å². The molecule has 32 heavy (non-hydrogen) atoms. The van der Waals surface area contributed by atoms with Crippen LogP contribution in [0.25, 0.3) is 11.4 Å². The van der Waals surface area contributed by atoms with Crippen molar-refractivity contribution in [1.29, 1.82) is 0 Å². The fraction of sp³-hybridized carbons (Fsp3) is 0.333. The van der Waals surface area contributed by atoms with Gasteiger partial charge in [-0.3, -0.25) is 0 Å². The number of hydrogen-bond donors (Lipinski definition) is 0. The minimum absolute atomic E-state index is 0.0131. The molecule has 0 saturated carbocycles. The van der Waals surface area contributed by atoms with Crippen molar-refractivity contribution < 1.29 is 26.1 Å². The van der Waals surface area contributed by atoms with Gasteiger partial charge in [-0.15, -0.1) is 0 Å². The van der Waals surface area contributed by atoms with Crippen LogP contribution in [-0.4, -0.2) is 36.0 Å². The molecule has 0 aliphatic rings. The Morgan fingerprint density at radius 3 is 2.47 bits per heavy atom. The largest absolute Gasteiger partial charge is 0.416 e. The topological polar surface area (TPSA) is 76.3 Å². The molecule has 0 bridgehead atoms. The molecule has 0 amide bonds. The number of alkyl halides is 3. The zero-order valence-electron chi connectivity index (χ0n) is 17.1. The van der Waals surface area contributed by atoms with Gasteiger partial charge >= 0.3 is 6.18 Å². The zero-order valence-corrected chi connectivity index (χ0v) is 18.7. The number of unbranched alkanes of at least 4 members (excludes halogenated alkanes) is 1. The molecule has 0 fully saturated rings. The number of nitrogens with zero attached hydrogens (tertiary/aromatic N) is 3. The molecule has 6 nitrogen and oxygen atoms in total. The fourth-order valence-corrected chi connectivity index (χ4v) is 4.61. The highest BCUT2D eigenvalue weighted by Gasteiger charge is 2.33. The van der Waals surface area contributed by atoms with Gasteiger partial charge in [-0.2, -0.15) is 22.5 Å². The Labute approximate surface area is 189 Å². The number of rotatable bonds is 9. The molecule has 3 aromatic rings. The van der Waals surface area contributed by atoms with Crippen LogP contribution in [0.4, 0.5) is 13.2 Å². The van der Waals surface area contributed by atoms with E-state index >= 15 is 0 Å².